The molecular formula is C10H20N2O2S2. The molecule has 0 radical (unpaired) electrons. The number of piperidine rings is 1. The molecule has 0 aromatic rings. The number of thiocarbonyl (C=S) groups is 1. The van der Waals surface area contributed by atoms with Gasteiger partial charge in [-0.1, -0.05) is 26.1 Å². The van der Waals surface area contributed by atoms with E-state index in [2.05, 4.69) is 0 Å². The first-order valence-electron chi connectivity index (χ1n) is 5.59. The lowest BCUT2D eigenvalue weighted by atomic mass is 9.81. The maximum absolute atomic E-state index is 11.8. The lowest BCUT2D eigenvalue weighted by molar-refractivity contribution is 0.244. The lowest BCUT2D eigenvalue weighted by Crippen LogP contribution is -2.47. The topological polar surface area (TPSA) is 63.4 Å². The lowest BCUT2D eigenvalue weighted by Gasteiger charge is -2.37. The molecule has 1 rings (SSSR count). The zero-order valence-electron chi connectivity index (χ0n) is 9.90. The minimum Gasteiger partial charge on any atom is -0.393 e. The minimum absolute atomic E-state index is 0.173. The van der Waals surface area contributed by atoms with Gasteiger partial charge in [0.2, 0.25) is 10.0 Å². The molecule has 1 saturated heterocycles. The van der Waals surface area contributed by atoms with E-state index in [1.165, 1.54) is 0 Å². The highest BCUT2D eigenvalue weighted by Crippen LogP contribution is 2.32. The molecule has 0 aliphatic carbocycles. The Balaban J connectivity index is 2.66. The van der Waals surface area contributed by atoms with Gasteiger partial charge in [-0.2, -0.15) is 0 Å². The molecule has 0 spiro atoms. The van der Waals surface area contributed by atoms with Crippen LogP contribution in [-0.2, 0) is 10.0 Å². The Labute approximate surface area is 103 Å². The highest BCUT2D eigenvalue weighted by molar-refractivity contribution is 7.89. The van der Waals surface area contributed by atoms with Crippen molar-refractivity contribution in [3.05, 3.63) is 0 Å². The van der Waals surface area contributed by atoms with E-state index >= 15 is 0 Å². The molecule has 0 atom stereocenters. The van der Waals surface area contributed by atoms with Crippen LogP contribution in [0.4, 0.5) is 0 Å². The van der Waals surface area contributed by atoms with E-state index in [0.29, 0.717) is 24.5 Å². The summed E-state index contributed by atoms with van der Waals surface area (Å²) in [5, 5.41) is 0. The number of nitrogens with two attached hydrogens (primary N) is 1. The van der Waals surface area contributed by atoms with Crippen LogP contribution in [0.25, 0.3) is 0 Å². The van der Waals surface area contributed by atoms with Crippen LogP contribution < -0.4 is 5.73 Å². The Morgan fingerprint density at radius 2 is 1.94 bits per heavy atom. The average molecular weight is 264 g/mol. The highest BCUT2D eigenvalue weighted by atomic mass is 32.2. The number of nitrogens with zero attached hydrogens (tertiary/aromatic N) is 1. The van der Waals surface area contributed by atoms with Gasteiger partial charge in [-0.05, 0) is 19.3 Å². The Morgan fingerprint density at radius 3 is 2.31 bits per heavy atom. The van der Waals surface area contributed by atoms with Gasteiger partial charge in [0.05, 0.1) is 10.7 Å². The molecule has 0 bridgehead atoms. The average Bonchev–Trinajstić information content (AvgIpc) is 2.18. The quantitative estimate of drug-likeness (QED) is 0.773. The number of hydrogen-bond acceptors (Lipinski definition) is 3. The molecule has 1 fully saturated rings. The molecule has 0 amide bonds. The smallest absolute Gasteiger partial charge is 0.214 e. The van der Waals surface area contributed by atoms with Gasteiger partial charge in [-0.3, -0.25) is 0 Å². The predicted octanol–water partition coefficient (Wildman–Crippen LogP) is 1.11. The van der Waals surface area contributed by atoms with Crippen molar-refractivity contribution in [2.75, 3.05) is 18.8 Å². The van der Waals surface area contributed by atoms with Gasteiger partial charge < -0.3 is 5.73 Å². The van der Waals surface area contributed by atoms with Crippen LogP contribution in [0.5, 0.6) is 0 Å². The van der Waals surface area contributed by atoms with E-state index in [4.69, 9.17) is 18.0 Å². The van der Waals surface area contributed by atoms with Crippen molar-refractivity contribution in [3.63, 3.8) is 0 Å². The summed E-state index contributed by atoms with van der Waals surface area (Å²) in [6, 6.07) is 0. The van der Waals surface area contributed by atoms with E-state index in [9.17, 15) is 8.42 Å². The zero-order valence-corrected chi connectivity index (χ0v) is 11.5. The first kappa shape index (κ1) is 13.9. The van der Waals surface area contributed by atoms with Crippen LogP contribution in [0.1, 0.15) is 33.1 Å². The molecule has 1 aliphatic rings. The molecule has 1 aliphatic heterocycles. The summed E-state index contributed by atoms with van der Waals surface area (Å²) in [5.41, 5.74) is 5.51. The van der Waals surface area contributed by atoms with Crippen molar-refractivity contribution >= 4 is 27.2 Å². The number of hydrogen-bond donors (Lipinski definition) is 1. The molecule has 94 valence electrons. The second kappa shape index (κ2) is 4.98. The molecule has 0 saturated carbocycles. The summed E-state index contributed by atoms with van der Waals surface area (Å²) in [7, 11) is -3.06. The molecule has 0 aromatic carbocycles. The van der Waals surface area contributed by atoms with Crippen molar-refractivity contribution < 1.29 is 8.42 Å². The fraction of sp³-hybridized carbons (Fsp3) is 0.900. The largest absolute Gasteiger partial charge is 0.393 e. The first-order valence-corrected chi connectivity index (χ1v) is 7.61. The van der Waals surface area contributed by atoms with Gasteiger partial charge in [0, 0.05) is 18.5 Å². The fourth-order valence-corrected chi connectivity index (χ4v) is 3.61. The van der Waals surface area contributed by atoms with Crippen LogP contribution >= 0.6 is 12.2 Å². The van der Waals surface area contributed by atoms with Crippen LogP contribution in [-0.4, -0.2) is 36.6 Å². The van der Waals surface area contributed by atoms with Crippen LogP contribution in [0.2, 0.25) is 0 Å². The van der Waals surface area contributed by atoms with Crippen molar-refractivity contribution in [2.45, 2.75) is 33.1 Å². The zero-order chi connectivity index (χ0) is 12.4. The molecule has 0 unspecified atom stereocenters. The monoisotopic (exact) mass is 264 g/mol. The second-order valence-corrected chi connectivity index (χ2v) is 7.17. The molecule has 1 heterocycles. The van der Waals surface area contributed by atoms with E-state index < -0.39 is 10.0 Å². The Kier molecular flexibility index (Phi) is 4.31. The summed E-state index contributed by atoms with van der Waals surface area (Å²) >= 11 is 5.02. The molecular weight excluding hydrogens is 244 g/mol. The van der Waals surface area contributed by atoms with Gasteiger partial charge in [0.25, 0.3) is 0 Å². The SMILES string of the molecule is CCCS(=O)(=O)N1CCC(C)(C(N)=S)CC1. The maximum Gasteiger partial charge on any atom is 0.214 e. The van der Waals surface area contributed by atoms with Crippen LogP contribution in [0.15, 0.2) is 0 Å². The molecule has 0 aromatic heterocycles. The van der Waals surface area contributed by atoms with Crippen molar-refractivity contribution in [2.24, 2.45) is 11.1 Å². The van der Waals surface area contributed by atoms with Gasteiger partial charge in [0.15, 0.2) is 0 Å². The van der Waals surface area contributed by atoms with Gasteiger partial charge in [-0.15, -0.1) is 0 Å². The van der Waals surface area contributed by atoms with Gasteiger partial charge >= 0.3 is 0 Å². The third-order valence-electron chi connectivity index (χ3n) is 3.28. The summed E-state index contributed by atoms with van der Waals surface area (Å²) in [6.45, 7) is 4.96. The molecule has 4 nitrogen and oxygen atoms in total. The maximum atomic E-state index is 11.8. The van der Waals surface area contributed by atoms with Crippen LogP contribution in [0.3, 0.4) is 0 Å². The van der Waals surface area contributed by atoms with E-state index in [1.807, 2.05) is 13.8 Å². The Morgan fingerprint density at radius 1 is 1.44 bits per heavy atom. The first-order chi connectivity index (χ1) is 7.32. The number of rotatable bonds is 4. The normalized spacial score (nSPS) is 21.9. The molecule has 2 N–H and O–H groups in total. The fourth-order valence-electron chi connectivity index (χ4n) is 1.89. The second-order valence-electron chi connectivity index (χ2n) is 4.64. The highest BCUT2D eigenvalue weighted by Gasteiger charge is 2.36. The summed E-state index contributed by atoms with van der Waals surface area (Å²) < 4.78 is 25.2. The third kappa shape index (κ3) is 2.93. The van der Waals surface area contributed by atoms with Gasteiger partial charge in [0.1, 0.15) is 0 Å². The van der Waals surface area contributed by atoms with E-state index in [1.54, 1.807) is 4.31 Å². The summed E-state index contributed by atoms with van der Waals surface area (Å²) in [4.78, 5) is 0.500. The summed E-state index contributed by atoms with van der Waals surface area (Å²) in [6.07, 6.45) is 2.11. The Hall–Kier alpha value is -0.200. The number of sulfonamides is 1. The molecule has 6 heteroatoms. The van der Waals surface area contributed by atoms with Crippen molar-refractivity contribution in [3.8, 4) is 0 Å². The molecule has 16 heavy (non-hydrogen) atoms. The summed E-state index contributed by atoms with van der Waals surface area (Å²) in [5.74, 6) is 0.233. The minimum atomic E-state index is -3.06. The van der Waals surface area contributed by atoms with Gasteiger partial charge in [-0.25, -0.2) is 12.7 Å². The van der Waals surface area contributed by atoms with E-state index in [0.717, 1.165) is 12.8 Å². The standard InChI is InChI=1S/C10H20N2O2S2/c1-3-8-16(13,14)12-6-4-10(2,5-7-12)9(11)15/h3-8H2,1-2H3,(H2,11,15). The van der Waals surface area contributed by atoms with Crippen molar-refractivity contribution in [1.82, 2.24) is 4.31 Å². The third-order valence-corrected chi connectivity index (χ3v) is 5.85. The van der Waals surface area contributed by atoms with E-state index in [-0.39, 0.29) is 11.2 Å². The predicted molar refractivity (Wildman–Crippen MR) is 69.8 cm³/mol. The van der Waals surface area contributed by atoms with Crippen LogP contribution in [0, 0.1) is 5.41 Å². The Bertz CT molecular complexity index is 357. The van der Waals surface area contributed by atoms with Crippen molar-refractivity contribution in [1.29, 1.82) is 0 Å².